The van der Waals surface area contributed by atoms with Crippen LogP contribution in [0, 0.1) is 34.5 Å². The number of rotatable bonds is 5. The normalized spacial score (nSPS) is 43.5. The molecule has 0 aromatic carbocycles. The first kappa shape index (κ1) is 32.8. The summed E-state index contributed by atoms with van der Waals surface area (Å²) in [4.78, 5) is 36.0. The van der Waals surface area contributed by atoms with Crippen LogP contribution >= 0.6 is 0 Å². The number of Topliss-reactive ketones (excluding diaryl/α,β-unsaturated/α-hetero) is 1. The van der Waals surface area contributed by atoms with E-state index < -0.39 is 5.97 Å². The third-order valence-electron chi connectivity index (χ3n) is 12.9. The van der Waals surface area contributed by atoms with Gasteiger partial charge in [-0.1, -0.05) is 13.8 Å². The first-order valence-corrected chi connectivity index (χ1v) is 17.1. The van der Waals surface area contributed by atoms with E-state index in [-0.39, 0.29) is 53.4 Å². The van der Waals surface area contributed by atoms with Gasteiger partial charge in [0.2, 0.25) is 0 Å². The minimum Gasteiger partial charge on any atom is -0.481 e. The predicted molar refractivity (Wildman–Crippen MR) is 162 cm³/mol. The second-order valence-electron chi connectivity index (χ2n) is 15.4. The van der Waals surface area contributed by atoms with E-state index in [0.29, 0.717) is 23.8 Å². The first-order valence-electron chi connectivity index (χ1n) is 17.1. The largest absolute Gasteiger partial charge is 0.481 e. The van der Waals surface area contributed by atoms with Crippen molar-refractivity contribution >= 4 is 17.7 Å². The van der Waals surface area contributed by atoms with Crippen molar-refractivity contribution in [3.63, 3.8) is 0 Å². The molecule has 9 nitrogen and oxygen atoms in total. The van der Waals surface area contributed by atoms with Gasteiger partial charge in [0.05, 0.1) is 12.2 Å². The number of piperidine rings is 1. The molecule has 3 N–H and O–H groups in total. The molecule has 9 heteroatoms. The van der Waals surface area contributed by atoms with E-state index in [9.17, 15) is 24.6 Å². The van der Waals surface area contributed by atoms with Crippen LogP contribution in [0.15, 0.2) is 0 Å². The fraction of sp³-hybridized carbons (Fsp3) is 0.912. The van der Waals surface area contributed by atoms with Crippen molar-refractivity contribution in [2.75, 3.05) is 26.2 Å². The highest BCUT2D eigenvalue weighted by atomic mass is 16.5. The zero-order valence-corrected chi connectivity index (χ0v) is 26.9. The minimum absolute atomic E-state index is 0.0373. The number of ether oxygens (including phenoxy) is 1. The number of hydrogen-bond donors (Lipinski definition) is 3. The quantitative estimate of drug-likeness (QED) is 0.316. The number of likely N-dealkylation sites (tertiary alicyclic amines) is 2. The van der Waals surface area contributed by atoms with Gasteiger partial charge in [-0.2, -0.15) is 0 Å². The van der Waals surface area contributed by atoms with Crippen LogP contribution in [0.2, 0.25) is 0 Å². The second kappa shape index (κ2) is 13.1. The summed E-state index contributed by atoms with van der Waals surface area (Å²) in [5.41, 5.74) is 0.349. The molecule has 43 heavy (non-hydrogen) atoms. The van der Waals surface area contributed by atoms with Crippen molar-refractivity contribution in [3.8, 4) is 0 Å². The summed E-state index contributed by atoms with van der Waals surface area (Å²) in [6.45, 7) is 11.9. The summed E-state index contributed by atoms with van der Waals surface area (Å²) in [5.74, 6) is 1.14. The Morgan fingerprint density at radius 3 is 2.05 bits per heavy atom. The van der Waals surface area contributed by atoms with Gasteiger partial charge in [-0.3, -0.25) is 24.2 Å². The van der Waals surface area contributed by atoms with Gasteiger partial charge in [0.1, 0.15) is 18.3 Å². The average molecular weight is 605 g/mol. The molecule has 2 aliphatic heterocycles. The standard InChI is InChI=1S/C30H50N2O4.C4H6O3/c1-19(33)36-21-9-14-32(15-10-21)26-18-30(3)20(16-27(26)34)6-7-22-23(30)8-11-29(2)24(22)17-25(28(29)35)31-12-4-5-13-31;1-3(5)2-4(6)7/h20-28,34-35H,4-18H2,1-3H3;2H2,1H3,(H,6,7)/t20-,22+,23-,24-,25-,26-,27-,28-,29-,30-;/m0./s1. The number of esters is 1. The predicted octanol–water partition coefficient (Wildman–Crippen LogP) is 3.88. The number of hydrogen-bond acceptors (Lipinski definition) is 8. The Balaban J connectivity index is 0.000000472. The molecule has 0 unspecified atom stereocenters. The lowest BCUT2D eigenvalue weighted by Gasteiger charge is -2.62. The number of aliphatic hydroxyl groups excluding tert-OH is 2. The van der Waals surface area contributed by atoms with Crippen LogP contribution in [0.3, 0.4) is 0 Å². The topological polar surface area (TPSA) is 128 Å². The van der Waals surface area contributed by atoms with Crippen molar-refractivity contribution < 1.29 is 34.4 Å². The van der Waals surface area contributed by atoms with Crippen molar-refractivity contribution in [3.05, 3.63) is 0 Å². The van der Waals surface area contributed by atoms with Gasteiger partial charge in [0.15, 0.2) is 0 Å². The third kappa shape index (κ3) is 6.56. The van der Waals surface area contributed by atoms with Crippen molar-refractivity contribution in [1.29, 1.82) is 0 Å². The minimum atomic E-state index is -1.06. The molecule has 0 amide bonds. The number of nitrogens with zero attached hydrogens (tertiary/aromatic N) is 2. The van der Waals surface area contributed by atoms with E-state index in [1.807, 2.05) is 0 Å². The molecule has 2 heterocycles. The maximum Gasteiger partial charge on any atom is 0.310 e. The molecule has 0 radical (unpaired) electrons. The monoisotopic (exact) mass is 604 g/mol. The SMILES string of the molecule is CC(=O)CC(=O)O.CC(=O)OC1CCN([C@H]2C[C@@]3(C)[C@@H](CC[C@@H]4[C@@H]3CC[C@]3(C)[C@@H](O)[C@@H](N5CCCC5)C[C@@H]43)C[C@@H]2O)CC1. The molecule has 6 aliphatic rings. The van der Waals surface area contributed by atoms with Crippen molar-refractivity contribution in [1.82, 2.24) is 9.80 Å². The number of carboxylic acids is 1. The number of aliphatic carboxylic acids is 1. The van der Waals surface area contributed by atoms with Crippen LogP contribution in [0.4, 0.5) is 0 Å². The van der Waals surface area contributed by atoms with Crippen LogP contribution in [0.25, 0.3) is 0 Å². The maximum absolute atomic E-state index is 11.6. The Hall–Kier alpha value is -1.55. The highest BCUT2D eigenvalue weighted by Gasteiger charge is 2.63. The molecular formula is C34H56N2O7. The molecule has 10 atom stereocenters. The Labute approximate surface area is 257 Å². The fourth-order valence-corrected chi connectivity index (χ4v) is 10.8. The van der Waals surface area contributed by atoms with Crippen molar-refractivity contribution in [2.45, 2.75) is 135 Å². The first-order chi connectivity index (χ1) is 20.3. The van der Waals surface area contributed by atoms with Crippen LogP contribution in [0.1, 0.15) is 105 Å². The summed E-state index contributed by atoms with van der Waals surface area (Å²) in [6, 6.07) is 0.592. The number of ketones is 1. The van der Waals surface area contributed by atoms with Crippen LogP contribution in [-0.4, -0.2) is 99.4 Å². The maximum atomic E-state index is 11.6. The average Bonchev–Trinajstić information content (AvgIpc) is 3.55. The lowest BCUT2D eigenvalue weighted by Crippen LogP contribution is -2.60. The van der Waals surface area contributed by atoms with Gasteiger partial charge in [-0.05, 0) is 125 Å². The van der Waals surface area contributed by atoms with Gasteiger partial charge >= 0.3 is 11.9 Å². The number of aliphatic hydroxyl groups is 2. The number of carboxylic acid groups (broad SMARTS) is 1. The highest BCUT2D eigenvalue weighted by molar-refractivity contribution is 5.93. The summed E-state index contributed by atoms with van der Waals surface area (Å²) < 4.78 is 5.48. The summed E-state index contributed by atoms with van der Waals surface area (Å²) in [6.07, 6.45) is 11.8. The number of carbonyl (C=O) groups excluding carboxylic acids is 2. The second-order valence-corrected chi connectivity index (χ2v) is 15.4. The Kier molecular flexibility index (Phi) is 9.97. The van der Waals surface area contributed by atoms with Crippen LogP contribution in [-0.2, 0) is 19.1 Å². The van der Waals surface area contributed by atoms with Gasteiger partial charge in [0, 0.05) is 32.1 Å². The van der Waals surface area contributed by atoms with Crippen molar-refractivity contribution in [2.24, 2.45) is 34.5 Å². The van der Waals surface area contributed by atoms with E-state index in [1.54, 1.807) is 0 Å². The summed E-state index contributed by atoms with van der Waals surface area (Å²) >= 11 is 0. The summed E-state index contributed by atoms with van der Waals surface area (Å²) in [7, 11) is 0. The molecule has 6 rings (SSSR count). The molecule has 4 saturated carbocycles. The lowest BCUT2D eigenvalue weighted by atomic mass is 9.44. The Morgan fingerprint density at radius 2 is 1.47 bits per heavy atom. The van der Waals surface area contributed by atoms with E-state index in [2.05, 4.69) is 23.6 Å². The molecule has 0 spiro atoms. The van der Waals surface area contributed by atoms with Crippen LogP contribution in [0.5, 0.6) is 0 Å². The number of fused-ring (bicyclic) bond motifs is 5. The lowest BCUT2D eigenvalue weighted by molar-refractivity contribution is -0.160. The van der Waals surface area contributed by atoms with Gasteiger partial charge in [-0.25, -0.2) is 0 Å². The molecule has 0 aromatic heterocycles. The Bertz CT molecular complexity index is 1010. The molecule has 2 saturated heterocycles. The third-order valence-corrected chi connectivity index (χ3v) is 12.9. The van der Waals surface area contributed by atoms with E-state index in [4.69, 9.17) is 9.84 Å². The van der Waals surface area contributed by atoms with Gasteiger partial charge in [-0.15, -0.1) is 0 Å². The van der Waals surface area contributed by atoms with Gasteiger partial charge in [0.25, 0.3) is 0 Å². The van der Waals surface area contributed by atoms with E-state index in [1.165, 1.54) is 65.5 Å². The van der Waals surface area contributed by atoms with Gasteiger partial charge < -0.3 is 20.1 Å². The Morgan fingerprint density at radius 1 is 0.814 bits per heavy atom. The van der Waals surface area contributed by atoms with Crippen LogP contribution < -0.4 is 0 Å². The molecular weight excluding hydrogens is 548 g/mol. The van der Waals surface area contributed by atoms with E-state index in [0.717, 1.165) is 51.1 Å². The molecule has 0 aromatic rings. The zero-order chi connectivity index (χ0) is 31.1. The van der Waals surface area contributed by atoms with E-state index >= 15 is 0 Å². The molecule has 0 bridgehead atoms. The highest BCUT2D eigenvalue weighted by Crippen LogP contribution is 2.67. The molecule has 4 aliphatic carbocycles. The molecule has 244 valence electrons. The fourth-order valence-electron chi connectivity index (χ4n) is 10.8. The molecule has 6 fully saturated rings. The smallest absolute Gasteiger partial charge is 0.310 e. The number of carbonyl (C=O) groups is 3. The zero-order valence-electron chi connectivity index (χ0n) is 26.9. The summed E-state index contributed by atoms with van der Waals surface area (Å²) in [5, 5.41) is 30.8.